The van der Waals surface area contributed by atoms with Crippen LogP contribution in [0.1, 0.15) is 11.1 Å². The van der Waals surface area contributed by atoms with Crippen LogP contribution in [0.4, 0.5) is 11.4 Å². The Balaban J connectivity index is 2.24. The fraction of sp³-hybridized carbons (Fsp3) is 0.308. The van der Waals surface area contributed by atoms with Crippen LogP contribution in [-0.2, 0) is 19.5 Å². The summed E-state index contributed by atoms with van der Waals surface area (Å²) in [5, 5.41) is 14.9. The smallest absolute Gasteiger partial charge is 0.269 e. The molecule has 0 unspecified atom stereocenters. The van der Waals surface area contributed by atoms with Crippen molar-refractivity contribution in [3.05, 3.63) is 51.8 Å². The quantitative estimate of drug-likeness (QED) is 0.483. The molecule has 2 aromatic rings. The maximum absolute atomic E-state index is 10.8. The third kappa shape index (κ3) is 3.08. The minimum atomic E-state index is -0.416. The van der Waals surface area contributed by atoms with Gasteiger partial charge in [0, 0.05) is 56.1 Å². The maximum Gasteiger partial charge on any atom is 0.269 e. The molecule has 20 heavy (non-hydrogen) atoms. The monoisotopic (exact) mass is 294 g/mol. The van der Waals surface area contributed by atoms with Gasteiger partial charge in [0.25, 0.3) is 5.69 Å². The second-order valence-corrected chi connectivity index (χ2v) is 4.85. The topological polar surface area (TPSA) is 64.2 Å². The number of hydrogen-bond donors (Lipinski definition) is 0. The van der Waals surface area contributed by atoms with E-state index in [2.05, 4.69) is 5.10 Å². The Bertz CT molecular complexity index is 627. The molecule has 106 valence electrons. The zero-order valence-electron chi connectivity index (χ0n) is 11.3. The van der Waals surface area contributed by atoms with Gasteiger partial charge in [0.2, 0.25) is 0 Å². The molecule has 0 aliphatic rings. The number of non-ortho nitro benzene ring substituents is 1. The van der Waals surface area contributed by atoms with Crippen molar-refractivity contribution in [2.75, 3.05) is 11.9 Å². The van der Waals surface area contributed by atoms with Crippen LogP contribution in [0.25, 0.3) is 0 Å². The van der Waals surface area contributed by atoms with Gasteiger partial charge in [-0.25, -0.2) is 0 Å². The predicted molar refractivity (Wildman–Crippen MR) is 78.0 cm³/mol. The normalized spacial score (nSPS) is 10.6. The first-order valence-electron chi connectivity index (χ1n) is 6.03. The van der Waals surface area contributed by atoms with Gasteiger partial charge >= 0.3 is 0 Å². The zero-order valence-corrected chi connectivity index (χ0v) is 12.0. The van der Waals surface area contributed by atoms with E-state index >= 15 is 0 Å². The van der Waals surface area contributed by atoms with Crippen molar-refractivity contribution in [2.24, 2.45) is 7.05 Å². The Kier molecular flexibility index (Phi) is 4.24. The summed E-state index contributed by atoms with van der Waals surface area (Å²) in [6.45, 7) is 0.662. The van der Waals surface area contributed by atoms with E-state index in [1.165, 1.54) is 12.1 Å². The van der Waals surface area contributed by atoms with Crippen molar-refractivity contribution >= 4 is 23.0 Å². The van der Waals surface area contributed by atoms with Crippen LogP contribution in [0.3, 0.4) is 0 Å². The van der Waals surface area contributed by atoms with E-state index in [1.54, 1.807) is 16.9 Å². The summed E-state index contributed by atoms with van der Waals surface area (Å²) >= 11 is 5.89. The summed E-state index contributed by atoms with van der Waals surface area (Å²) in [5.41, 5.74) is 2.75. The number of rotatable bonds is 5. The molecule has 0 amide bonds. The molecule has 0 N–H and O–H groups in total. The highest BCUT2D eigenvalue weighted by molar-refractivity contribution is 6.17. The molecule has 2 rings (SSSR count). The van der Waals surface area contributed by atoms with E-state index in [0.29, 0.717) is 6.54 Å². The second kappa shape index (κ2) is 5.92. The summed E-state index contributed by atoms with van der Waals surface area (Å²) < 4.78 is 1.74. The molecule has 6 nitrogen and oxygen atoms in total. The van der Waals surface area contributed by atoms with Crippen molar-refractivity contribution < 1.29 is 4.92 Å². The Morgan fingerprint density at radius 3 is 2.80 bits per heavy atom. The molecular formula is C13H15ClN4O2. The lowest BCUT2D eigenvalue weighted by Crippen LogP contribution is -2.17. The van der Waals surface area contributed by atoms with Gasteiger partial charge in [0.15, 0.2) is 0 Å². The highest BCUT2D eigenvalue weighted by Crippen LogP contribution is 2.27. The molecule has 0 atom stereocenters. The van der Waals surface area contributed by atoms with Gasteiger partial charge < -0.3 is 4.90 Å². The molecule has 1 aromatic heterocycles. The van der Waals surface area contributed by atoms with Crippen LogP contribution in [0.5, 0.6) is 0 Å². The number of benzene rings is 1. The third-order valence-corrected chi connectivity index (χ3v) is 3.30. The van der Waals surface area contributed by atoms with Crippen LogP contribution in [0, 0.1) is 10.1 Å². The molecule has 0 bridgehead atoms. The van der Waals surface area contributed by atoms with Gasteiger partial charge in [-0.1, -0.05) is 0 Å². The van der Waals surface area contributed by atoms with Crippen LogP contribution >= 0.6 is 11.6 Å². The van der Waals surface area contributed by atoms with Crippen molar-refractivity contribution in [3.8, 4) is 0 Å². The lowest BCUT2D eigenvalue weighted by Gasteiger charge is -2.21. The minimum absolute atomic E-state index is 0.0548. The Hall–Kier alpha value is -2.08. The number of anilines is 1. The van der Waals surface area contributed by atoms with Crippen molar-refractivity contribution in [3.63, 3.8) is 0 Å². The number of alkyl halides is 1. The molecule has 0 saturated heterocycles. The van der Waals surface area contributed by atoms with E-state index in [4.69, 9.17) is 11.6 Å². The predicted octanol–water partition coefficient (Wildman–Crippen LogP) is 2.70. The maximum atomic E-state index is 10.8. The number of aromatic nitrogens is 2. The highest BCUT2D eigenvalue weighted by atomic mass is 35.5. The summed E-state index contributed by atoms with van der Waals surface area (Å²) in [5.74, 6) is 0.231. The van der Waals surface area contributed by atoms with E-state index < -0.39 is 4.92 Å². The lowest BCUT2D eigenvalue weighted by molar-refractivity contribution is -0.384. The zero-order chi connectivity index (χ0) is 14.7. The number of nitro benzene ring substituents is 1. The van der Waals surface area contributed by atoms with Gasteiger partial charge in [-0.3, -0.25) is 14.8 Å². The molecule has 0 saturated carbocycles. The average molecular weight is 295 g/mol. The Labute approximate surface area is 121 Å². The van der Waals surface area contributed by atoms with Crippen LogP contribution < -0.4 is 4.90 Å². The fourth-order valence-corrected chi connectivity index (χ4v) is 2.29. The standard InChI is InChI=1S/C13H15ClN4O2/c1-16(8-10-7-15-17(2)9-10)13-4-3-12(18(19)20)5-11(13)6-14/h3-5,7,9H,6,8H2,1-2H3. The Morgan fingerprint density at radius 2 is 2.25 bits per heavy atom. The summed E-state index contributed by atoms with van der Waals surface area (Å²) in [6.07, 6.45) is 3.73. The van der Waals surface area contributed by atoms with Gasteiger partial charge in [-0.15, -0.1) is 11.6 Å². The van der Waals surface area contributed by atoms with Crippen molar-refractivity contribution in [2.45, 2.75) is 12.4 Å². The third-order valence-electron chi connectivity index (χ3n) is 3.01. The largest absolute Gasteiger partial charge is 0.370 e. The second-order valence-electron chi connectivity index (χ2n) is 4.58. The first-order chi connectivity index (χ1) is 9.51. The molecule has 1 heterocycles. The van der Waals surface area contributed by atoms with Crippen LogP contribution in [0.15, 0.2) is 30.6 Å². The number of nitro groups is 1. The molecule has 0 aliphatic heterocycles. The average Bonchev–Trinajstić information content (AvgIpc) is 2.83. The number of halogens is 1. The molecule has 1 aromatic carbocycles. The molecule has 7 heteroatoms. The first kappa shape index (κ1) is 14.3. The number of nitrogens with zero attached hydrogens (tertiary/aromatic N) is 4. The summed E-state index contributed by atoms with van der Waals surface area (Å²) in [7, 11) is 3.78. The van der Waals surface area contributed by atoms with E-state index in [1.807, 2.05) is 25.2 Å². The van der Waals surface area contributed by atoms with E-state index in [9.17, 15) is 10.1 Å². The lowest BCUT2D eigenvalue weighted by atomic mass is 10.1. The van der Waals surface area contributed by atoms with Gasteiger partial charge in [0.05, 0.1) is 11.1 Å². The van der Waals surface area contributed by atoms with Crippen molar-refractivity contribution in [1.82, 2.24) is 9.78 Å². The minimum Gasteiger partial charge on any atom is -0.370 e. The SMILES string of the molecule is CN(Cc1cnn(C)c1)c1ccc([N+](=O)[O-])cc1CCl. The summed E-state index contributed by atoms with van der Waals surface area (Å²) in [4.78, 5) is 12.4. The molecule has 0 spiro atoms. The summed E-state index contributed by atoms with van der Waals surface area (Å²) in [6, 6.07) is 4.74. The van der Waals surface area contributed by atoms with E-state index in [0.717, 1.165) is 16.8 Å². The number of aryl methyl sites for hydroxylation is 1. The molecule has 0 radical (unpaired) electrons. The van der Waals surface area contributed by atoms with Gasteiger partial charge in [-0.2, -0.15) is 5.10 Å². The molecular weight excluding hydrogens is 280 g/mol. The van der Waals surface area contributed by atoms with Gasteiger partial charge in [-0.05, 0) is 11.6 Å². The highest BCUT2D eigenvalue weighted by Gasteiger charge is 2.13. The first-order valence-corrected chi connectivity index (χ1v) is 6.56. The number of hydrogen-bond acceptors (Lipinski definition) is 4. The fourth-order valence-electron chi connectivity index (χ4n) is 2.08. The molecule has 0 aliphatic carbocycles. The van der Waals surface area contributed by atoms with Gasteiger partial charge in [0.1, 0.15) is 0 Å². The molecule has 0 fully saturated rings. The van der Waals surface area contributed by atoms with Crippen LogP contribution in [0.2, 0.25) is 0 Å². The Morgan fingerprint density at radius 1 is 1.50 bits per heavy atom. The van der Waals surface area contributed by atoms with Crippen molar-refractivity contribution in [1.29, 1.82) is 0 Å². The van der Waals surface area contributed by atoms with E-state index in [-0.39, 0.29) is 11.6 Å². The van der Waals surface area contributed by atoms with Crippen LogP contribution in [-0.4, -0.2) is 21.8 Å².